The van der Waals surface area contributed by atoms with E-state index in [1.165, 1.54) is 14.0 Å². The fourth-order valence-corrected chi connectivity index (χ4v) is 2.07. The van der Waals surface area contributed by atoms with E-state index in [2.05, 4.69) is 5.32 Å². The molecule has 1 aromatic rings. The number of rotatable bonds is 6. The van der Waals surface area contributed by atoms with Crippen molar-refractivity contribution in [2.75, 3.05) is 20.8 Å². The van der Waals surface area contributed by atoms with E-state index in [0.29, 0.717) is 17.1 Å². The summed E-state index contributed by atoms with van der Waals surface area (Å²) in [5.41, 5.74) is 1.32. The third kappa shape index (κ3) is 4.11. The molecular formula is C15H21NO5. The lowest BCUT2D eigenvalue weighted by Crippen LogP contribution is -2.34. The Morgan fingerprint density at radius 3 is 2.38 bits per heavy atom. The van der Waals surface area contributed by atoms with Crippen LogP contribution < -0.4 is 14.8 Å². The van der Waals surface area contributed by atoms with Gasteiger partial charge in [-0.05, 0) is 25.5 Å². The van der Waals surface area contributed by atoms with Gasteiger partial charge in [-0.3, -0.25) is 4.79 Å². The Balaban J connectivity index is 3.35. The van der Waals surface area contributed by atoms with Crippen molar-refractivity contribution in [2.45, 2.75) is 26.8 Å². The molecule has 0 saturated carbocycles. The molecule has 6 heteroatoms. The predicted octanol–water partition coefficient (Wildman–Crippen LogP) is 1.75. The molecule has 6 nitrogen and oxygen atoms in total. The zero-order valence-corrected chi connectivity index (χ0v) is 13.0. The molecule has 0 bridgehead atoms. The maximum absolute atomic E-state index is 12.1. The molecule has 1 rings (SSSR count). The summed E-state index contributed by atoms with van der Waals surface area (Å²) < 4.78 is 15.5. The van der Waals surface area contributed by atoms with Gasteiger partial charge in [0.25, 0.3) is 0 Å². The van der Waals surface area contributed by atoms with Gasteiger partial charge in [-0.1, -0.05) is 0 Å². The Kier molecular flexibility index (Phi) is 6.02. The molecule has 1 atom stereocenters. The Morgan fingerprint density at radius 1 is 1.24 bits per heavy atom. The van der Waals surface area contributed by atoms with Crippen LogP contribution in [0.5, 0.6) is 11.5 Å². The highest BCUT2D eigenvalue weighted by Crippen LogP contribution is 2.33. The van der Waals surface area contributed by atoms with E-state index in [1.54, 1.807) is 26.2 Å². The number of benzene rings is 1. The molecule has 0 spiro atoms. The second-order valence-electron chi connectivity index (χ2n) is 4.45. The molecule has 1 N–H and O–H groups in total. The van der Waals surface area contributed by atoms with E-state index < -0.39 is 12.0 Å². The molecule has 0 saturated heterocycles. The van der Waals surface area contributed by atoms with Crippen molar-refractivity contribution in [3.63, 3.8) is 0 Å². The summed E-state index contributed by atoms with van der Waals surface area (Å²) in [5.74, 6) is 0.210. The molecule has 0 aliphatic heterocycles. The summed E-state index contributed by atoms with van der Waals surface area (Å²) in [6, 6.07) is 2.52. The lowest BCUT2D eigenvalue weighted by Gasteiger charge is -2.21. The lowest BCUT2D eigenvalue weighted by atomic mass is 9.99. The van der Waals surface area contributed by atoms with Crippen molar-refractivity contribution in [2.24, 2.45) is 0 Å². The van der Waals surface area contributed by atoms with Crippen LogP contribution in [0.25, 0.3) is 0 Å². The molecule has 0 heterocycles. The molecule has 116 valence electrons. The zero-order chi connectivity index (χ0) is 16.0. The number of carbonyl (C=O) groups is 2. The first kappa shape index (κ1) is 16.8. The van der Waals surface area contributed by atoms with Crippen LogP contribution in [-0.4, -0.2) is 32.7 Å². The Labute approximate surface area is 124 Å². The van der Waals surface area contributed by atoms with Gasteiger partial charge >= 0.3 is 5.97 Å². The average molecular weight is 295 g/mol. The van der Waals surface area contributed by atoms with E-state index in [4.69, 9.17) is 14.2 Å². The van der Waals surface area contributed by atoms with Gasteiger partial charge in [0.15, 0.2) is 6.04 Å². The van der Waals surface area contributed by atoms with Crippen molar-refractivity contribution in [1.82, 2.24) is 5.32 Å². The molecule has 0 aliphatic rings. The molecule has 0 aliphatic carbocycles. The number of hydrogen-bond acceptors (Lipinski definition) is 5. The highest BCUT2D eigenvalue weighted by molar-refractivity contribution is 5.85. The number of aryl methyl sites for hydroxylation is 1. The average Bonchev–Trinajstić information content (AvgIpc) is 2.44. The van der Waals surface area contributed by atoms with Gasteiger partial charge in [0.05, 0.1) is 20.8 Å². The van der Waals surface area contributed by atoms with E-state index in [9.17, 15) is 9.59 Å². The molecule has 0 fully saturated rings. The van der Waals surface area contributed by atoms with Gasteiger partial charge in [-0.15, -0.1) is 0 Å². The van der Waals surface area contributed by atoms with Gasteiger partial charge in [-0.2, -0.15) is 0 Å². The number of methoxy groups -OCH3 is 2. The van der Waals surface area contributed by atoms with Crippen molar-refractivity contribution in [3.05, 3.63) is 23.3 Å². The smallest absolute Gasteiger partial charge is 0.333 e. The van der Waals surface area contributed by atoms with Crippen LogP contribution in [-0.2, 0) is 14.3 Å². The molecule has 1 amide bonds. The third-order valence-corrected chi connectivity index (χ3v) is 2.94. The van der Waals surface area contributed by atoms with Crippen molar-refractivity contribution >= 4 is 11.9 Å². The van der Waals surface area contributed by atoms with Crippen molar-refractivity contribution in [1.29, 1.82) is 0 Å². The largest absolute Gasteiger partial charge is 0.497 e. The first-order valence-electron chi connectivity index (χ1n) is 6.60. The van der Waals surface area contributed by atoms with E-state index in [1.807, 2.05) is 6.92 Å². The highest BCUT2D eigenvalue weighted by Gasteiger charge is 2.28. The van der Waals surface area contributed by atoms with E-state index >= 15 is 0 Å². The first-order valence-corrected chi connectivity index (χ1v) is 6.60. The number of carbonyl (C=O) groups excluding carboxylic acids is 2. The maximum atomic E-state index is 12.1. The Hall–Kier alpha value is -2.24. The first-order chi connectivity index (χ1) is 9.94. The predicted molar refractivity (Wildman–Crippen MR) is 77.5 cm³/mol. The van der Waals surface area contributed by atoms with Crippen LogP contribution in [0.1, 0.15) is 31.0 Å². The summed E-state index contributed by atoms with van der Waals surface area (Å²) in [4.78, 5) is 23.5. The molecule has 21 heavy (non-hydrogen) atoms. The number of nitrogens with one attached hydrogen (secondary N) is 1. The monoisotopic (exact) mass is 295 g/mol. The minimum atomic E-state index is -0.914. The number of esters is 1. The van der Waals surface area contributed by atoms with Gasteiger partial charge in [-0.25, -0.2) is 4.79 Å². The van der Waals surface area contributed by atoms with Crippen LogP contribution in [0.2, 0.25) is 0 Å². The zero-order valence-electron chi connectivity index (χ0n) is 13.0. The van der Waals surface area contributed by atoms with Crippen LogP contribution in [0.3, 0.4) is 0 Å². The van der Waals surface area contributed by atoms with Crippen molar-refractivity contribution in [3.8, 4) is 11.5 Å². The van der Waals surface area contributed by atoms with Gasteiger partial charge in [0, 0.05) is 18.6 Å². The molecule has 1 aromatic carbocycles. The second kappa shape index (κ2) is 7.52. The fraction of sp³-hybridized carbons (Fsp3) is 0.467. The number of hydrogen-bond donors (Lipinski definition) is 1. The van der Waals surface area contributed by atoms with E-state index in [0.717, 1.165) is 5.56 Å². The minimum Gasteiger partial charge on any atom is -0.497 e. The fourth-order valence-electron chi connectivity index (χ4n) is 2.07. The summed E-state index contributed by atoms with van der Waals surface area (Å²) in [6.07, 6.45) is 0. The topological polar surface area (TPSA) is 73.9 Å². The van der Waals surface area contributed by atoms with Crippen molar-refractivity contribution < 1.29 is 23.8 Å². The molecule has 0 radical (unpaired) electrons. The standard InChI is InChI=1S/C15H21NO5/c1-6-21-15(18)14(16-10(3)17)13-9(2)7-11(19-4)8-12(13)20-5/h7-8,14H,6H2,1-5H3,(H,16,17)/t14-/m1/s1. The second-order valence-corrected chi connectivity index (χ2v) is 4.45. The summed E-state index contributed by atoms with van der Waals surface area (Å²) >= 11 is 0. The highest BCUT2D eigenvalue weighted by atomic mass is 16.5. The molecule has 0 unspecified atom stereocenters. The molecule has 0 aromatic heterocycles. The Bertz CT molecular complexity index is 527. The summed E-state index contributed by atoms with van der Waals surface area (Å²) in [6.45, 7) is 5.10. The van der Waals surface area contributed by atoms with Gasteiger partial charge < -0.3 is 19.5 Å². The maximum Gasteiger partial charge on any atom is 0.333 e. The van der Waals surface area contributed by atoms with Crippen LogP contribution in [0, 0.1) is 6.92 Å². The molecular weight excluding hydrogens is 274 g/mol. The van der Waals surface area contributed by atoms with Gasteiger partial charge in [0.1, 0.15) is 11.5 Å². The minimum absolute atomic E-state index is 0.229. The van der Waals surface area contributed by atoms with Crippen LogP contribution in [0.4, 0.5) is 0 Å². The Morgan fingerprint density at radius 2 is 1.90 bits per heavy atom. The summed E-state index contributed by atoms with van der Waals surface area (Å²) in [5, 5.41) is 2.60. The SMILES string of the molecule is CCOC(=O)[C@H](NC(C)=O)c1c(C)cc(OC)cc1OC. The number of amides is 1. The lowest BCUT2D eigenvalue weighted by molar-refractivity contribution is -0.147. The van der Waals surface area contributed by atoms with Crippen LogP contribution >= 0.6 is 0 Å². The number of ether oxygens (including phenoxy) is 3. The third-order valence-electron chi connectivity index (χ3n) is 2.94. The van der Waals surface area contributed by atoms with E-state index in [-0.39, 0.29) is 12.5 Å². The quantitative estimate of drug-likeness (QED) is 0.809. The van der Waals surface area contributed by atoms with Crippen LogP contribution in [0.15, 0.2) is 12.1 Å². The summed E-state index contributed by atoms with van der Waals surface area (Å²) in [7, 11) is 3.04. The van der Waals surface area contributed by atoms with Gasteiger partial charge in [0.2, 0.25) is 5.91 Å². The normalized spacial score (nSPS) is 11.5.